The minimum Gasteiger partial charge on any atom is -0.491 e. The molecule has 1 N–H and O–H groups in total. The quantitative estimate of drug-likeness (QED) is 0.866. The number of carbonyl (C=O) groups is 1. The average Bonchev–Trinajstić information content (AvgIpc) is 2.85. The van der Waals surface area contributed by atoms with Crippen LogP contribution in [0.1, 0.15) is 22.0 Å². The number of ether oxygens (including phenoxy) is 1. The van der Waals surface area contributed by atoms with Crippen LogP contribution in [0.5, 0.6) is 5.75 Å². The summed E-state index contributed by atoms with van der Waals surface area (Å²) in [6.45, 7) is 0.417. The molecule has 6 heteroatoms. The average molecular weight is 309 g/mol. The van der Waals surface area contributed by atoms with Gasteiger partial charge in [-0.05, 0) is 12.1 Å². The van der Waals surface area contributed by atoms with Crippen LogP contribution in [0.3, 0.4) is 0 Å². The lowest BCUT2D eigenvalue weighted by molar-refractivity contribution is 0.0930. The third kappa shape index (κ3) is 2.44. The standard InChI is InChI=1S/C14H10Cl2N2O2/c15-10-5-8(6-17-13(10)16)14(19)18-11-7-20-12-4-2-1-3-9(11)12/h1-6,11H,7H2,(H,18,19). The Kier molecular flexibility index (Phi) is 3.51. The van der Waals surface area contributed by atoms with Crippen molar-refractivity contribution in [3.63, 3.8) is 0 Å². The highest BCUT2D eigenvalue weighted by Gasteiger charge is 2.25. The van der Waals surface area contributed by atoms with Crippen molar-refractivity contribution in [1.29, 1.82) is 0 Å². The number of aromatic nitrogens is 1. The first-order valence-corrected chi connectivity index (χ1v) is 6.74. The molecule has 0 bridgehead atoms. The molecular formula is C14H10Cl2N2O2. The van der Waals surface area contributed by atoms with Crippen molar-refractivity contribution in [2.45, 2.75) is 6.04 Å². The molecule has 0 spiro atoms. The molecule has 2 aromatic rings. The predicted octanol–water partition coefficient (Wildman–Crippen LogP) is 3.25. The Hall–Kier alpha value is -1.78. The molecule has 0 fully saturated rings. The number of para-hydroxylation sites is 1. The van der Waals surface area contributed by atoms with Gasteiger partial charge in [0, 0.05) is 11.8 Å². The zero-order valence-electron chi connectivity index (χ0n) is 10.3. The second-order valence-electron chi connectivity index (χ2n) is 4.37. The van der Waals surface area contributed by atoms with Crippen LogP contribution in [0.15, 0.2) is 36.5 Å². The zero-order chi connectivity index (χ0) is 14.1. The molecule has 0 radical (unpaired) electrons. The third-order valence-electron chi connectivity index (χ3n) is 3.06. The van der Waals surface area contributed by atoms with Gasteiger partial charge in [-0.15, -0.1) is 0 Å². The lowest BCUT2D eigenvalue weighted by atomic mass is 10.1. The molecule has 4 nitrogen and oxygen atoms in total. The van der Waals surface area contributed by atoms with Crippen LogP contribution in [-0.4, -0.2) is 17.5 Å². The van der Waals surface area contributed by atoms with Gasteiger partial charge >= 0.3 is 0 Å². The third-order valence-corrected chi connectivity index (χ3v) is 3.75. The van der Waals surface area contributed by atoms with Gasteiger partial charge < -0.3 is 10.1 Å². The van der Waals surface area contributed by atoms with Crippen molar-refractivity contribution in [2.75, 3.05) is 6.61 Å². The Morgan fingerprint density at radius 3 is 2.95 bits per heavy atom. The Balaban J connectivity index is 1.79. The van der Waals surface area contributed by atoms with E-state index in [0.29, 0.717) is 12.2 Å². The number of hydrogen-bond donors (Lipinski definition) is 1. The molecule has 1 aromatic heterocycles. The lowest BCUT2D eigenvalue weighted by Gasteiger charge is -2.11. The maximum absolute atomic E-state index is 12.2. The van der Waals surface area contributed by atoms with Crippen molar-refractivity contribution in [3.8, 4) is 5.75 Å². The number of pyridine rings is 1. The number of benzene rings is 1. The molecule has 1 aliphatic rings. The van der Waals surface area contributed by atoms with Crippen LogP contribution in [0.25, 0.3) is 0 Å². The van der Waals surface area contributed by atoms with E-state index < -0.39 is 0 Å². The Morgan fingerprint density at radius 2 is 2.15 bits per heavy atom. The Labute approximate surface area is 125 Å². The fourth-order valence-electron chi connectivity index (χ4n) is 2.07. The van der Waals surface area contributed by atoms with Gasteiger partial charge in [-0.3, -0.25) is 4.79 Å². The van der Waals surface area contributed by atoms with Crippen LogP contribution < -0.4 is 10.1 Å². The van der Waals surface area contributed by atoms with Crippen LogP contribution in [0.4, 0.5) is 0 Å². The SMILES string of the molecule is O=C(NC1COc2ccccc21)c1cnc(Cl)c(Cl)c1. The van der Waals surface area contributed by atoms with Gasteiger partial charge in [0.1, 0.15) is 17.5 Å². The van der Waals surface area contributed by atoms with Crippen molar-refractivity contribution >= 4 is 29.1 Å². The van der Waals surface area contributed by atoms with E-state index in [9.17, 15) is 4.79 Å². The maximum Gasteiger partial charge on any atom is 0.253 e. The minimum absolute atomic E-state index is 0.173. The number of halogens is 2. The Bertz CT molecular complexity index is 676. The molecule has 0 saturated carbocycles. The van der Waals surface area contributed by atoms with E-state index in [1.165, 1.54) is 12.3 Å². The van der Waals surface area contributed by atoms with E-state index >= 15 is 0 Å². The lowest BCUT2D eigenvalue weighted by Crippen LogP contribution is -2.29. The van der Waals surface area contributed by atoms with E-state index in [0.717, 1.165) is 11.3 Å². The summed E-state index contributed by atoms with van der Waals surface area (Å²) in [5.74, 6) is 0.534. The minimum atomic E-state index is -0.263. The van der Waals surface area contributed by atoms with Crippen LogP contribution in [0.2, 0.25) is 10.2 Å². The van der Waals surface area contributed by atoms with Crippen LogP contribution >= 0.6 is 23.2 Å². The summed E-state index contributed by atoms with van der Waals surface area (Å²) in [7, 11) is 0. The number of nitrogens with zero attached hydrogens (tertiary/aromatic N) is 1. The Morgan fingerprint density at radius 1 is 1.35 bits per heavy atom. The smallest absolute Gasteiger partial charge is 0.253 e. The van der Waals surface area contributed by atoms with Gasteiger partial charge in [-0.2, -0.15) is 0 Å². The summed E-state index contributed by atoms with van der Waals surface area (Å²) in [6.07, 6.45) is 1.39. The number of hydrogen-bond acceptors (Lipinski definition) is 3. The molecule has 1 atom stereocenters. The second kappa shape index (κ2) is 5.31. The molecule has 20 heavy (non-hydrogen) atoms. The number of fused-ring (bicyclic) bond motifs is 1. The molecule has 102 valence electrons. The molecule has 1 unspecified atom stereocenters. The largest absolute Gasteiger partial charge is 0.491 e. The fourth-order valence-corrected chi connectivity index (χ4v) is 2.34. The van der Waals surface area contributed by atoms with Gasteiger partial charge in [0.05, 0.1) is 16.6 Å². The van der Waals surface area contributed by atoms with E-state index in [-0.39, 0.29) is 22.1 Å². The predicted molar refractivity (Wildman–Crippen MR) is 76.4 cm³/mol. The molecular weight excluding hydrogens is 299 g/mol. The summed E-state index contributed by atoms with van der Waals surface area (Å²) in [4.78, 5) is 16.0. The van der Waals surface area contributed by atoms with Gasteiger partial charge in [-0.25, -0.2) is 4.98 Å². The second-order valence-corrected chi connectivity index (χ2v) is 5.14. The van der Waals surface area contributed by atoms with E-state index in [1.807, 2.05) is 24.3 Å². The normalized spacial score (nSPS) is 16.4. The van der Waals surface area contributed by atoms with Gasteiger partial charge in [0.15, 0.2) is 0 Å². The number of carbonyl (C=O) groups excluding carboxylic acids is 1. The van der Waals surface area contributed by atoms with Crippen molar-refractivity contribution in [3.05, 3.63) is 57.8 Å². The van der Waals surface area contributed by atoms with Crippen molar-refractivity contribution < 1.29 is 9.53 Å². The van der Waals surface area contributed by atoms with E-state index in [2.05, 4.69) is 10.3 Å². The van der Waals surface area contributed by atoms with Crippen LogP contribution in [-0.2, 0) is 0 Å². The summed E-state index contributed by atoms with van der Waals surface area (Å²) < 4.78 is 5.51. The highest BCUT2D eigenvalue weighted by molar-refractivity contribution is 6.41. The first-order chi connectivity index (χ1) is 9.65. The summed E-state index contributed by atoms with van der Waals surface area (Å²) in [6, 6.07) is 8.93. The van der Waals surface area contributed by atoms with Crippen LogP contribution in [0, 0.1) is 0 Å². The molecule has 1 aromatic carbocycles. The topological polar surface area (TPSA) is 51.2 Å². The summed E-state index contributed by atoms with van der Waals surface area (Å²) in [5.41, 5.74) is 1.33. The summed E-state index contributed by atoms with van der Waals surface area (Å²) in [5, 5.41) is 3.32. The van der Waals surface area contributed by atoms with Crippen molar-refractivity contribution in [1.82, 2.24) is 10.3 Å². The molecule has 1 aliphatic heterocycles. The van der Waals surface area contributed by atoms with Gasteiger partial charge in [0.2, 0.25) is 0 Å². The van der Waals surface area contributed by atoms with Crippen molar-refractivity contribution in [2.24, 2.45) is 0 Å². The molecule has 1 amide bonds. The monoisotopic (exact) mass is 308 g/mol. The fraction of sp³-hybridized carbons (Fsp3) is 0.143. The van der Waals surface area contributed by atoms with E-state index in [1.54, 1.807) is 0 Å². The highest BCUT2D eigenvalue weighted by atomic mass is 35.5. The zero-order valence-corrected chi connectivity index (χ0v) is 11.8. The maximum atomic E-state index is 12.2. The molecule has 0 saturated heterocycles. The number of amides is 1. The first-order valence-electron chi connectivity index (χ1n) is 5.99. The molecule has 0 aliphatic carbocycles. The van der Waals surface area contributed by atoms with Gasteiger partial charge in [-0.1, -0.05) is 41.4 Å². The molecule has 3 rings (SSSR count). The molecule has 2 heterocycles. The number of rotatable bonds is 2. The van der Waals surface area contributed by atoms with E-state index in [4.69, 9.17) is 27.9 Å². The summed E-state index contributed by atoms with van der Waals surface area (Å²) >= 11 is 11.6. The number of nitrogens with one attached hydrogen (secondary N) is 1. The van der Waals surface area contributed by atoms with Gasteiger partial charge in [0.25, 0.3) is 5.91 Å². The first kappa shape index (κ1) is 13.2. The highest BCUT2D eigenvalue weighted by Crippen LogP contribution is 2.31.